The van der Waals surface area contributed by atoms with E-state index in [2.05, 4.69) is 16.0 Å². The second-order valence-corrected chi connectivity index (χ2v) is 5.56. The van der Waals surface area contributed by atoms with Crippen molar-refractivity contribution in [2.75, 3.05) is 22.5 Å². The van der Waals surface area contributed by atoms with Crippen molar-refractivity contribution in [2.45, 2.75) is 13.8 Å². The van der Waals surface area contributed by atoms with Crippen LogP contribution in [0.3, 0.4) is 0 Å². The number of carbonyl (C=O) groups is 2. The average molecular weight is 332 g/mol. The topological polar surface area (TPSA) is 70.2 Å². The lowest BCUT2D eigenvalue weighted by atomic mass is 10.1. The number of rotatable bonds is 5. The number of benzene rings is 2. The molecule has 6 heteroatoms. The molecule has 0 aliphatic heterocycles. The van der Waals surface area contributed by atoms with E-state index >= 15 is 0 Å². The first-order valence-electron chi connectivity index (χ1n) is 7.11. The summed E-state index contributed by atoms with van der Waals surface area (Å²) in [5.74, 6) is -0.321. The third kappa shape index (κ3) is 5.30. The maximum Gasteiger partial charge on any atom is 0.243 e. The van der Waals surface area contributed by atoms with Gasteiger partial charge in [-0.1, -0.05) is 23.7 Å². The van der Waals surface area contributed by atoms with E-state index in [-0.39, 0.29) is 18.4 Å². The number of amides is 2. The van der Waals surface area contributed by atoms with Gasteiger partial charge in [-0.2, -0.15) is 0 Å². The quantitative estimate of drug-likeness (QED) is 0.783. The van der Waals surface area contributed by atoms with Crippen LogP contribution in [0.15, 0.2) is 42.5 Å². The molecule has 0 spiro atoms. The molecule has 0 saturated carbocycles. The number of aryl methyl sites for hydroxylation is 1. The van der Waals surface area contributed by atoms with Gasteiger partial charge in [-0.3, -0.25) is 9.59 Å². The molecule has 0 aliphatic carbocycles. The number of hydrogen-bond donors (Lipinski definition) is 3. The monoisotopic (exact) mass is 331 g/mol. The molecule has 0 heterocycles. The minimum Gasteiger partial charge on any atom is -0.376 e. The molecule has 0 fully saturated rings. The summed E-state index contributed by atoms with van der Waals surface area (Å²) in [6, 6.07) is 12.5. The molecular weight excluding hydrogens is 314 g/mol. The summed E-state index contributed by atoms with van der Waals surface area (Å²) >= 11 is 5.87. The van der Waals surface area contributed by atoms with Gasteiger partial charge < -0.3 is 16.0 Å². The Bertz CT molecular complexity index is 732. The van der Waals surface area contributed by atoms with Gasteiger partial charge in [0.15, 0.2) is 0 Å². The Hall–Kier alpha value is -2.53. The zero-order valence-corrected chi connectivity index (χ0v) is 13.7. The van der Waals surface area contributed by atoms with Crippen LogP contribution >= 0.6 is 11.6 Å². The summed E-state index contributed by atoms with van der Waals surface area (Å²) in [6.45, 7) is 3.47. The SMILES string of the molecule is CC(=O)Nc1cc(NCC(=O)Nc2cccc(Cl)c2)ccc1C. The molecule has 120 valence electrons. The average Bonchev–Trinajstić information content (AvgIpc) is 2.47. The second kappa shape index (κ2) is 7.65. The highest BCUT2D eigenvalue weighted by atomic mass is 35.5. The summed E-state index contributed by atoms with van der Waals surface area (Å²) in [5.41, 5.74) is 3.07. The van der Waals surface area contributed by atoms with Crippen LogP contribution in [-0.2, 0) is 9.59 Å². The van der Waals surface area contributed by atoms with Crippen LogP contribution in [-0.4, -0.2) is 18.4 Å². The molecule has 2 aromatic rings. The Balaban J connectivity index is 1.95. The Morgan fingerprint density at radius 2 is 1.83 bits per heavy atom. The van der Waals surface area contributed by atoms with Crippen LogP contribution in [0.1, 0.15) is 12.5 Å². The van der Waals surface area contributed by atoms with E-state index in [1.165, 1.54) is 6.92 Å². The fourth-order valence-electron chi connectivity index (χ4n) is 2.01. The molecule has 0 aliphatic rings. The Morgan fingerprint density at radius 3 is 2.52 bits per heavy atom. The molecule has 0 atom stereocenters. The lowest BCUT2D eigenvalue weighted by Crippen LogP contribution is -2.21. The third-order valence-corrected chi connectivity index (χ3v) is 3.34. The predicted molar refractivity (Wildman–Crippen MR) is 94.1 cm³/mol. The van der Waals surface area contributed by atoms with E-state index in [1.54, 1.807) is 30.3 Å². The fourth-order valence-corrected chi connectivity index (χ4v) is 2.20. The van der Waals surface area contributed by atoms with Gasteiger partial charge in [-0.15, -0.1) is 0 Å². The van der Waals surface area contributed by atoms with Crippen molar-refractivity contribution in [2.24, 2.45) is 0 Å². The van der Waals surface area contributed by atoms with Crippen LogP contribution in [0.25, 0.3) is 0 Å². The number of anilines is 3. The highest BCUT2D eigenvalue weighted by molar-refractivity contribution is 6.30. The Labute approximate surface area is 140 Å². The minimum atomic E-state index is -0.186. The van der Waals surface area contributed by atoms with E-state index in [1.807, 2.05) is 19.1 Å². The first-order chi connectivity index (χ1) is 10.9. The van der Waals surface area contributed by atoms with Gasteiger partial charge in [0.25, 0.3) is 0 Å². The standard InChI is InChI=1S/C17H18ClN3O2/c1-11-6-7-14(9-16(11)20-12(2)22)19-10-17(23)21-15-5-3-4-13(18)8-15/h3-9,19H,10H2,1-2H3,(H,20,22)(H,21,23). The zero-order valence-electron chi connectivity index (χ0n) is 12.9. The van der Waals surface area contributed by atoms with Crippen molar-refractivity contribution in [1.82, 2.24) is 0 Å². The maximum atomic E-state index is 11.9. The van der Waals surface area contributed by atoms with Gasteiger partial charge in [0.1, 0.15) is 0 Å². The van der Waals surface area contributed by atoms with Crippen molar-refractivity contribution >= 4 is 40.5 Å². The number of nitrogens with one attached hydrogen (secondary N) is 3. The molecule has 0 saturated heterocycles. The van der Waals surface area contributed by atoms with Crippen molar-refractivity contribution in [1.29, 1.82) is 0 Å². The molecule has 5 nitrogen and oxygen atoms in total. The number of halogens is 1. The summed E-state index contributed by atoms with van der Waals surface area (Å²) in [6.07, 6.45) is 0. The largest absolute Gasteiger partial charge is 0.376 e. The van der Waals surface area contributed by atoms with Gasteiger partial charge >= 0.3 is 0 Å². The molecule has 2 amide bonds. The molecule has 3 N–H and O–H groups in total. The second-order valence-electron chi connectivity index (χ2n) is 5.12. The lowest BCUT2D eigenvalue weighted by molar-refractivity contribution is -0.115. The van der Waals surface area contributed by atoms with Crippen LogP contribution in [0.4, 0.5) is 17.1 Å². The van der Waals surface area contributed by atoms with Crippen LogP contribution in [0.5, 0.6) is 0 Å². The van der Waals surface area contributed by atoms with Crippen molar-refractivity contribution < 1.29 is 9.59 Å². The molecule has 23 heavy (non-hydrogen) atoms. The van der Waals surface area contributed by atoms with Crippen LogP contribution in [0, 0.1) is 6.92 Å². The van der Waals surface area contributed by atoms with E-state index in [4.69, 9.17) is 11.6 Å². The number of hydrogen-bond acceptors (Lipinski definition) is 3. The van der Waals surface area contributed by atoms with Crippen molar-refractivity contribution in [3.05, 3.63) is 53.1 Å². The van der Waals surface area contributed by atoms with Crippen LogP contribution in [0.2, 0.25) is 5.02 Å². The molecule has 0 radical (unpaired) electrons. The van der Waals surface area contributed by atoms with E-state index in [0.717, 1.165) is 16.9 Å². The highest BCUT2D eigenvalue weighted by Gasteiger charge is 2.05. The van der Waals surface area contributed by atoms with Gasteiger partial charge in [0.05, 0.1) is 6.54 Å². The smallest absolute Gasteiger partial charge is 0.243 e. The first-order valence-corrected chi connectivity index (χ1v) is 7.49. The summed E-state index contributed by atoms with van der Waals surface area (Å²) in [5, 5.41) is 9.10. The molecule has 0 unspecified atom stereocenters. The molecule has 2 rings (SSSR count). The third-order valence-electron chi connectivity index (χ3n) is 3.11. The summed E-state index contributed by atoms with van der Waals surface area (Å²) in [7, 11) is 0. The van der Waals surface area contributed by atoms with Gasteiger partial charge in [-0.05, 0) is 42.8 Å². The highest BCUT2D eigenvalue weighted by Crippen LogP contribution is 2.20. The number of carbonyl (C=O) groups excluding carboxylic acids is 2. The predicted octanol–water partition coefficient (Wildman–Crippen LogP) is 3.66. The first kappa shape index (κ1) is 16.8. The summed E-state index contributed by atoms with van der Waals surface area (Å²) < 4.78 is 0. The van der Waals surface area contributed by atoms with E-state index in [0.29, 0.717) is 10.7 Å². The minimum absolute atomic E-state index is 0.106. The Morgan fingerprint density at radius 1 is 1.04 bits per heavy atom. The molecule has 0 aromatic heterocycles. The van der Waals surface area contributed by atoms with Crippen molar-refractivity contribution in [3.8, 4) is 0 Å². The summed E-state index contributed by atoms with van der Waals surface area (Å²) in [4.78, 5) is 23.1. The van der Waals surface area contributed by atoms with Gasteiger partial charge in [0.2, 0.25) is 11.8 Å². The van der Waals surface area contributed by atoms with Crippen molar-refractivity contribution in [3.63, 3.8) is 0 Å². The van der Waals surface area contributed by atoms with E-state index < -0.39 is 0 Å². The maximum absolute atomic E-state index is 11.9. The zero-order chi connectivity index (χ0) is 16.8. The molecule has 2 aromatic carbocycles. The molecule has 0 bridgehead atoms. The molecular formula is C17H18ClN3O2. The van der Waals surface area contributed by atoms with Crippen LogP contribution < -0.4 is 16.0 Å². The lowest BCUT2D eigenvalue weighted by Gasteiger charge is -2.11. The van der Waals surface area contributed by atoms with Gasteiger partial charge in [0, 0.05) is 29.0 Å². The Kier molecular flexibility index (Phi) is 5.60. The van der Waals surface area contributed by atoms with E-state index in [9.17, 15) is 9.59 Å². The normalized spacial score (nSPS) is 10.0. The van der Waals surface area contributed by atoms with Gasteiger partial charge in [-0.25, -0.2) is 0 Å². The fraction of sp³-hybridized carbons (Fsp3) is 0.176.